The number of ether oxygens (including phenoxy) is 1. The number of hydrogen-bond donors (Lipinski definition) is 2. The number of nitrogens with two attached hydrogens (primary N) is 1. The highest BCUT2D eigenvalue weighted by molar-refractivity contribution is 6.08. The van der Waals surface area contributed by atoms with Crippen LogP contribution in [0, 0.1) is 18.8 Å². The van der Waals surface area contributed by atoms with Gasteiger partial charge in [0.1, 0.15) is 11.7 Å². The monoisotopic (exact) mass is 626 g/mol. The van der Waals surface area contributed by atoms with Crippen LogP contribution in [0.3, 0.4) is 0 Å². The number of nitrogens with zero attached hydrogens (tertiary/aromatic N) is 4. The molecule has 14 heteroatoms. The van der Waals surface area contributed by atoms with Gasteiger partial charge in [-0.25, -0.2) is 18.4 Å². The number of alkyl halides is 3. The van der Waals surface area contributed by atoms with Crippen molar-refractivity contribution >= 4 is 22.7 Å². The minimum atomic E-state index is -4.80. The zero-order chi connectivity index (χ0) is 32.8. The Morgan fingerprint density at radius 1 is 1.13 bits per heavy atom. The molecule has 4 aromatic rings. The van der Waals surface area contributed by atoms with Gasteiger partial charge in [-0.3, -0.25) is 9.59 Å². The van der Waals surface area contributed by atoms with E-state index in [9.17, 15) is 27.6 Å². The van der Waals surface area contributed by atoms with Crippen LogP contribution >= 0.6 is 0 Å². The number of carbonyl (C=O) groups excluding carboxylic acids is 2. The predicted molar refractivity (Wildman–Crippen MR) is 158 cm³/mol. The maximum absolute atomic E-state index is 15.2. The van der Waals surface area contributed by atoms with Crippen molar-refractivity contribution in [3.05, 3.63) is 93.6 Å². The number of allylic oxidation sites excluding steroid dienone is 2. The molecule has 236 valence electrons. The number of aromatic nitrogens is 4. The Morgan fingerprint density at radius 2 is 1.82 bits per heavy atom. The topological polar surface area (TPSA) is 126 Å². The zero-order valence-electron chi connectivity index (χ0n) is 24.8. The van der Waals surface area contributed by atoms with E-state index in [1.54, 1.807) is 42.7 Å². The van der Waals surface area contributed by atoms with Crippen molar-refractivity contribution in [2.24, 2.45) is 24.6 Å². The summed E-state index contributed by atoms with van der Waals surface area (Å²) in [5, 5.41) is 6.59. The minimum absolute atomic E-state index is 0.113. The molecule has 2 aromatic carbocycles. The molecule has 0 saturated heterocycles. The number of fused-ring (bicyclic) bond motifs is 1. The Labute approximate surface area is 254 Å². The quantitative estimate of drug-likeness (QED) is 0.281. The van der Waals surface area contributed by atoms with E-state index in [2.05, 4.69) is 10.4 Å². The number of aryl methyl sites for hydroxylation is 2. The van der Waals surface area contributed by atoms with Gasteiger partial charge in [-0.05, 0) is 54.8 Å². The van der Waals surface area contributed by atoms with E-state index in [1.807, 2.05) is 0 Å². The van der Waals surface area contributed by atoms with Crippen LogP contribution in [0.1, 0.15) is 28.7 Å². The Bertz CT molecular complexity index is 1930. The molecule has 0 aliphatic heterocycles. The Hall–Kier alpha value is -4.98. The van der Waals surface area contributed by atoms with Crippen LogP contribution in [0.25, 0.3) is 27.8 Å². The smallest absolute Gasteiger partial charge is 0.383 e. The first kappa shape index (κ1) is 31.4. The van der Waals surface area contributed by atoms with Crippen molar-refractivity contribution in [3.8, 4) is 16.9 Å². The van der Waals surface area contributed by atoms with Gasteiger partial charge in [-0.1, -0.05) is 25.1 Å². The normalized spacial score (nSPS) is 16.9. The molecular formula is C31H30F4N6O4. The number of methoxy groups -OCH3 is 1. The number of carbonyl (C=O) groups is 2. The molecule has 5 rings (SSSR count). The molecule has 2 unspecified atom stereocenters. The summed E-state index contributed by atoms with van der Waals surface area (Å²) in [6.07, 6.45) is -2.05. The van der Waals surface area contributed by atoms with Crippen LogP contribution in [-0.2, 0) is 29.3 Å². The van der Waals surface area contributed by atoms with Crippen LogP contribution in [-0.4, -0.2) is 44.4 Å². The first-order valence-corrected chi connectivity index (χ1v) is 13.9. The zero-order valence-corrected chi connectivity index (χ0v) is 24.8. The molecule has 2 atom stereocenters. The summed E-state index contributed by atoms with van der Waals surface area (Å²) in [5.74, 6) is -4.38. The standard InChI is InChI=1S/C31H30F4N6O4/c1-16-5-10-23(26(32)25(16)28(36)42)37-29(43)22-15-20(31(33,34)35)13-19-14-24(40(27(19)22)11-12-45-4)18-6-8-21(9-7-18)41-17(2)38-39(3)30(41)44/h5-10,13-16,25H,11-12H2,1-4H3,(H2,36,42)(H,37,43). The lowest BCUT2D eigenvalue weighted by atomic mass is 9.87. The van der Waals surface area contributed by atoms with Crippen molar-refractivity contribution in [3.63, 3.8) is 0 Å². The minimum Gasteiger partial charge on any atom is -0.383 e. The molecule has 0 spiro atoms. The lowest BCUT2D eigenvalue weighted by molar-refractivity contribution is -0.137. The second kappa shape index (κ2) is 11.8. The predicted octanol–water partition coefficient (Wildman–Crippen LogP) is 4.38. The number of rotatable bonds is 8. The van der Waals surface area contributed by atoms with E-state index in [4.69, 9.17) is 10.5 Å². The largest absolute Gasteiger partial charge is 0.416 e. The van der Waals surface area contributed by atoms with E-state index in [-0.39, 0.29) is 41.0 Å². The SMILES string of the molecule is COCCn1c(-c2ccc(-n3c(C)nn(C)c3=O)cc2)cc2cc(C(F)(F)F)cc(C(=O)NC3=C(F)C(C(N)=O)C(C)C=C3)c21. The Balaban J connectivity index is 1.66. The molecule has 1 aliphatic carbocycles. The summed E-state index contributed by atoms with van der Waals surface area (Å²) in [7, 11) is 2.99. The second-order valence-electron chi connectivity index (χ2n) is 10.8. The van der Waals surface area contributed by atoms with E-state index < -0.39 is 41.2 Å². The van der Waals surface area contributed by atoms with Crippen molar-refractivity contribution in [2.45, 2.75) is 26.6 Å². The summed E-state index contributed by atoms with van der Waals surface area (Å²) in [6, 6.07) is 9.95. The highest BCUT2D eigenvalue weighted by atomic mass is 19.4. The first-order valence-electron chi connectivity index (χ1n) is 13.9. The fourth-order valence-corrected chi connectivity index (χ4v) is 5.58. The van der Waals surface area contributed by atoms with Gasteiger partial charge in [-0.15, -0.1) is 0 Å². The van der Waals surface area contributed by atoms with Crippen LogP contribution in [0.15, 0.2) is 70.9 Å². The molecule has 0 saturated carbocycles. The highest BCUT2D eigenvalue weighted by Gasteiger charge is 2.35. The first-order chi connectivity index (χ1) is 21.2. The maximum atomic E-state index is 15.2. The highest BCUT2D eigenvalue weighted by Crippen LogP contribution is 2.38. The third kappa shape index (κ3) is 5.80. The van der Waals surface area contributed by atoms with Gasteiger partial charge in [-0.2, -0.15) is 18.3 Å². The van der Waals surface area contributed by atoms with Gasteiger partial charge in [0.25, 0.3) is 5.91 Å². The Kier molecular flexibility index (Phi) is 8.27. The summed E-state index contributed by atoms with van der Waals surface area (Å²) < 4.78 is 66.9. The van der Waals surface area contributed by atoms with Crippen molar-refractivity contribution in [1.29, 1.82) is 0 Å². The number of amides is 2. The van der Waals surface area contributed by atoms with Gasteiger partial charge < -0.3 is 20.4 Å². The molecule has 0 fully saturated rings. The van der Waals surface area contributed by atoms with Gasteiger partial charge >= 0.3 is 11.9 Å². The molecule has 2 amide bonds. The average molecular weight is 627 g/mol. The summed E-state index contributed by atoms with van der Waals surface area (Å²) in [6.45, 7) is 3.57. The van der Waals surface area contributed by atoms with Gasteiger partial charge in [0.15, 0.2) is 0 Å². The van der Waals surface area contributed by atoms with E-state index >= 15 is 4.39 Å². The lowest BCUT2D eigenvalue weighted by Crippen LogP contribution is -2.34. The van der Waals surface area contributed by atoms with Crippen LogP contribution < -0.4 is 16.7 Å². The number of hydrogen-bond acceptors (Lipinski definition) is 5. The van der Waals surface area contributed by atoms with Gasteiger partial charge in [0, 0.05) is 31.8 Å². The summed E-state index contributed by atoms with van der Waals surface area (Å²) in [5.41, 5.74) is 4.97. The van der Waals surface area contributed by atoms with E-state index in [1.165, 1.54) is 41.6 Å². The fourth-order valence-electron chi connectivity index (χ4n) is 5.58. The summed E-state index contributed by atoms with van der Waals surface area (Å²) >= 11 is 0. The number of halogens is 4. The van der Waals surface area contributed by atoms with Crippen molar-refractivity contribution in [2.75, 3.05) is 13.7 Å². The van der Waals surface area contributed by atoms with Crippen LogP contribution in [0.4, 0.5) is 17.6 Å². The third-order valence-corrected chi connectivity index (χ3v) is 7.77. The second-order valence-corrected chi connectivity index (χ2v) is 10.8. The number of primary amides is 1. The number of benzene rings is 2. The van der Waals surface area contributed by atoms with E-state index in [0.717, 1.165) is 6.07 Å². The van der Waals surface area contributed by atoms with Crippen molar-refractivity contribution < 1.29 is 31.9 Å². The molecule has 10 nitrogen and oxygen atoms in total. The molecular weight excluding hydrogens is 596 g/mol. The fraction of sp³-hybridized carbons (Fsp3) is 0.290. The van der Waals surface area contributed by atoms with Crippen LogP contribution in [0.5, 0.6) is 0 Å². The lowest BCUT2D eigenvalue weighted by Gasteiger charge is -2.23. The molecule has 45 heavy (non-hydrogen) atoms. The van der Waals surface area contributed by atoms with Crippen molar-refractivity contribution in [1.82, 2.24) is 24.2 Å². The summed E-state index contributed by atoms with van der Waals surface area (Å²) in [4.78, 5) is 38.0. The molecule has 2 aromatic heterocycles. The number of nitrogens with one attached hydrogen (secondary N) is 1. The molecule has 2 heterocycles. The Morgan fingerprint density at radius 3 is 2.40 bits per heavy atom. The maximum Gasteiger partial charge on any atom is 0.416 e. The van der Waals surface area contributed by atoms with Crippen LogP contribution in [0.2, 0.25) is 0 Å². The molecule has 3 N–H and O–H groups in total. The van der Waals surface area contributed by atoms with Gasteiger partial charge in [0.2, 0.25) is 5.91 Å². The van der Waals surface area contributed by atoms with E-state index in [0.29, 0.717) is 28.8 Å². The van der Waals surface area contributed by atoms with Gasteiger partial charge in [0.05, 0.1) is 40.6 Å². The molecule has 0 bridgehead atoms. The molecule has 0 radical (unpaired) electrons. The average Bonchev–Trinajstić information content (AvgIpc) is 3.47. The molecule has 1 aliphatic rings. The third-order valence-electron chi connectivity index (χ3n) is 7.77.